The molecule has 3 aromatic rings. The lowest BCUT2D eigenvalue weighted by Crippen LogP contribution is -2.50. The Morgan fingerprint density at radius 1 is 1.09 bits per heavy atom. The fraction of sp³-hybridized carbons (Fsp3) is 0.308. The second-order valence-corrected chi connectivity index (χ2v) is 8.23. The van der Waals surface area contributed by atoms with Crippen LogP contribution < -0.4 is 21.7 Å². The van der Waals surface area contributed by atoms with E-state index in [2.05, 4.69) is 27.5 Å². The SMILES string of the molecule is C=CNCCCC[C@H](NC(=O)[C@@H](N)Cc1c[nH]c2ccccc12)C(=O)Nc1ccc(CO)cc1. The Bertz CT molecular complexity index is 1090. The summed E-state index contributed by atoms with van der Waals surface area (Å²) in [5.74, 6) is -0.675. The molecule has 0 spiro atoms. The van der Waals surface area contributed by atoms with E-state index in [9.17, 15) is 14.7 Å². The molecule has 34 heavy (non-hydrogen) atoms. The molecule has 0 saturated heterocycles. The minimum absolute atomic E-state index is 0.0695. The van der Waals surface area contributed by atoms with Crippen LogP contribution in [0.25, 0.3) is 10.9 Å². The van der Waals surface area contributed by atoms with Gasteiger partial charge in [0.15, 0.2) is 0 Å². The van der Waals surface area contributed by atoms with Crippen molar-refractivity contribution in [3.05, 3.63) is 78.6 Å². The molecule has 0 fully saturated rings. The first-order valence-electron chi connectivity index (χ1n) is 11.5. The molecule has 0 bridgehead atoms. The Morgan fingerprint density at radius 2 is 1.85 bits per heavy atom. The molecule has 3 rings (SSSR count). The molecule has 0 unspecified atom stereocenters. The highest BCUT2D eigenvalue weighted by molar-refractivity contribution is 5.98. The van der Waals surface area contributed by atoms with Crippen molar-refractivity contribution in [1.82, 2.24) is 15.6 Å². The fourth-order valence-corrected chi connectivity index (χ4v) is 3.78. The van der Waals surface area contributed by atoms with E-state index in [0.717, 1.165) is 41.4 Å². The van der Waals surface area contributed by atoms with Gasteiger partial charge in [-0.25, -0.2) is 0 Å². The number of H-pyrrole nitrogens is 1. The third kappa shape index (κ3) is 6.94. The predicted octanol–water partition coefficient (Wildman–Crippen LogP) is 2.56. The number of nitrogens with two attached hydrogens (primary N) is 1. The van der Waals surface area contributed by atoms with Crippen molar-refractivity contribution in [2.24, 2.45) is 5.73 Å². The van der Waals surface area contributed by atoms with Crippen LogP contribution in [-0.2, 0) is 22.6 Å². The number of rotatable bonds is 13. The molecule has 0 aliphatic rings. The number of anilines is 1. The number of aromatic nitrogens is 1. The van der Waals surface area contributed by atoms with Gasteiger partial charge in [0.25, 0.3) is 0 Å². The van der Waals surface area contributed by atoms with Crippen molar-refractivity contribution < 1.29 is 14.7 Å². The average molecular weight is 464 g/mol. The van der Waals surface area contributed by atoms with E-state index < -0.39 is 12.1 Å². The number of para-hydroxylation sites is 1. The molecule has 2 aromatic carbocycles. The van der Waals surface area contributed by atoms with Crippen molar-refractivity contribution in [2.45, 2.75) is 44.4 Å². The number of fused-ring (bicyclic) bond motifs is 1. The van der Waals surface area contributed by atoms with Crippen LogP contribution in [0.5, 0.6) is 0 Å². The molecule has 0 aliphatic carbocycles. The summed E-state index contributed by atoms with van der Waals surface area (Å²) in [5, 5.41) is 19.0. The van der Waals surface area contributed by atoms with E-state index in [1.807, 2.05) is 30.5 Å². The van der Waals surface area contributed by atoms with Gasteiger partial charge in [0.05, 0.1) is 12.6 Å². The van der Waals surface area contributed by atoms with Gasteiger partial charge in [-0.1, -0.05) is 36.9 Å². The van der Waals surface area contributed by atoms with E-state index in [4.69, 9.17) is 5.73 Å². The Labute approximate surface area is 199 Å². The van der Waals surface area contributed by atoms with Crippen LogP contribution in [0.15, 0.2) is 67.5 Å². The van der Waals surface area contributed by atoms with E-state index in [-0.39, 0.29) is 18.4 Å². The molecule has 8 nitrogen and oxygen atoms in total. The van der Waals surface area contributed by atoms with Crippen molar-refractivity contribution in [3.8, 4) is 0 Å². The Morgan fingerprint density at radius 3 is 2.59 bits per heavy atom. The molecular formula is C26H33N5O3. The second kappa shape index (κ2) is 12.6. The fourth-order valence-electron chi connectivity index (χ4n) is 3.78. The van der Waals surface area contributed by atoms with E-state index in [1.54, 1.807) is 30.5 Å². The average Bonchev–Trinajstić information content (AvgIpc) is 3.26. The number of hydrogen-bond donors (Lipinski definition) is 6. The minimum Gasteiger partial charge on any atom is -0.392 e. The smallest absolute Gasteiger partial charge is 0.246 e. The predicted molar refractivity (Wildman–Crippen MR) is 135 cm³/mol. The van der Waals surface area contributed by atoms with E-state index in [1.165, 1.54) is 0 Å². The molecular weight excluding hydrogens is 430 g/mol. The van der Waals surface area contributed by atoms with Crippen molar-refractivity contribution in [1.29, 1.82) is 0 Å². The van der Waals surface area contributed by atoms with Crippen LogP contribution in [-0.4, -0.2) is 40.5 Å². The number of aliphatic hydroxyl groups excluding tert-OH is 1. The Kier molecular flexibility index (Phi) is 9.25. The zero-order chi connectivity index (χ0) is 24.3. The summed E-state index contributed by atoms with van der Waals surface area (Å²) >= 11 is 0. The molecule has 0 saturated carbocycles. The molecule has 0 radical (unpaired) electrons. The maximum atomic E-state index is 13.0. The van der Waals surface area contributed by atoms with Crippen molar-refractivity contribution in [3.63, 3.8) is 0 Å². The monoisotopic (exact) mass is 463 g/mol. The van der Waals surface area contributed by atoms with Gasteiger partial charge < -0.3 is 31.8 Å². The summed E-state index contributed by atoms with van der Waals surface area (Å²) in [6, 6.07) is 13.3. The highest BCUT2D eigenvalue weighted by Crippen LogP contribution is 2.19. The largest absolute Gasteiger partial charge is 0.392 e. The number of aromatic amines is 1. The van der Waals surface area contributed by atoms with Gasteiger partial charge in [-0.15, -0.1) is 0 Å². The molecule has 180 valence electrons. The van der Waals surface area contributed by atoms with Gasteiger partial charge in [0.2, 0.25) is 11.8 Å². The number of carbonyl (C=O) groups excluding carboxylic acids is 2. The standard InChI is InChI=1S/C26H33N5O3/c1-2-28-14-6-5-9-24(26(34)30-20-12-10-18(17-32)11-13-20)31-25(33)22(27)15-19-16-29-23-8-4-3-7-21(19)23/h2-4,7-8,10-13,16,22,24,28-29,32H,1,5-6,9,14-15,17,27H2,(H,30,34)(H,31,33)/t22-,24-/m0/s1. The Hall–Kier alpha value is -3.62. The molecule has 2 amide bonds. The van der Waals surface area contributed by atoms with Gasteiger partial charge in [0.1, 0.15) is 6.04 Å². The molecule has 8 heteroatoms. The quantitative estimate of drug-likeness (QED) is 0.217. The summed E-state index contributed by atoms with van der Waals surface area (Å²) in [7, 11) is 0. The number of benzene rings is 2. The van der Waals surface area contributed by atoms with Crippen molar-refractivity contribution >= 4 is 28.4 Å². The maximum absolute atomic E-state index is 13.0. The highest BCUT2D eigenvalue weighted by atomic mass is 16.3. The molecule has 1 aromatic heterocycles. The van der Waals surface area contributed by atoms with Crippen LogP contribution in [0.1, 0.15) is 30.4 Å². The number of carbonyl (C=O) groups is 2. The maximum Gasteiger partial charge on any atom is 0.246 e. The van der Waals surface area contributed by atoms with Crippen molar-refractivity contribution in [2.75, 3.05) is 11.9 Å². The third-order valence-electron chi connectivity index (χ3n) is 5.70. The molecule has 1 heterocycles. The van der Waals surface area contributed by atoms with Crippen LogP contribution in [0.4, 0.5) is 5.69 Å². The summed E-state index contributed by atoms with van der Waals surface area (Å²) < 4.78 is 0. The summed E-state index contributed by atoms with van der Waals surface area (Å²) in [4.78, 5) is 29.1. The topological polar surface area (TPSA) is 132 Å². The van der Waals surface area contributed by atoms with Gasteiger partial charge in [-0.05, 0) is 61.2 Å². The zero-order valence-corrected chi connectivity index (χ0v) is 19.2. The lowest BCUT2D eigenvalue weighted by molar-refractivity contribution is -0.127. The van der Waals surface area contributed by atoms with Gasteiger partial charge in [-0.2, -0.15) is 0 Å². The lowest BCUT2D eigenvalue weighted by atomic mass is 10.0. The summed E-state index contributed by atoms with van der Waals surface area (Å²) in [6.07, 6.45) is 5.90. The molecule has 7 N–H and O–H groups in total. The number of nitrogens with one attached hydrogen (secondary N) is 4. The number of aliphatic hydroxyl groups is 1. The first-order chi connectivity index (χ1) is 16.5. The molecule has 2 atom stereocenters. The van der Waals surface area contributed by atoms with Crippen LogP contribution in [0.3, 0.4) is 0 Å². The van der Waals surface area contributed by atoms with Crippen LogP contribution >= 0.6 is 0 Å². The van der Waals surface area contributed by atoms with Crippen LogP contribution in [0, 0.1) is 0 Å². The number of amides is 2. The normalized spacial score (nSPS) is 12.6. The second-order valence-electron chi connectivity index (χ2n) is 8.23. The summed E-state index contributed by atoms with van der Waals surface area (Å²) in [6.45, 7) is 4.30. The minimum atomic E-state index is -0.791. The molecule has 0 aliphatic heterocycles. The van der Waals surface area contributed by atoms with Gasteiger partial charge in [-0.3, -0.25) is 9.59 Å². The number of hydrogen-bond acceptors (Lipinski definition) is 5. The van der Waals surface area contributed by atoms with Gasteiger partial charge >= 0.3 is 0 Å². The van der Waals surface area contributed by atoms with Gasteiger partial charge in [0, 0.05) is 29.3 Å². The Balaban J connectivity index is 1.63. The highest BCUT2D eigenvalue weighted by Gasteiger charge is 2.24. The summed E-state index contributed by atoms with van der Waals surface area (Å²) in [5.41, 5.74) is 9.52. The number of unbranched alkanes of at least 4 members (excludes halogenated alkanes) is 1. The first kappa shape index (κ1) is 25.0. The zero-order valence-electron chi connectivity index (χ0n) is 19.2. The van der Waals surface area contributed by atoms with Crippen LogP contribution in [0.2, 0.25) is 0 Å². The third-order valence-corrected chi connectivity index (χ3v) is 5.70. The first-order valence-corrected chi connectivity index (χ1v) is 11.5. The van der Waals surface area contributed by atoms with E-state index >= 15 is 0 Å². The lowest BCUT2D eigenvalue weighted by Gasteiger charge is -2.21. The van der Waals surface area contributed by atoms with E-state index in [0.29, 0.717) is 18.5 Å².